The van der Waals surface area contributed by atoms with Crippen LogP contribution in [0.25, 0.3) is 10.9 Å². The van der Waals surface area contributed by atoms with Gasteiger partial charge in [-0.15, -0.1) is 0 Å². The van der Waals surface area contributed by atoms with Crippen molar-refractivity contribution < 1.29 is 13.9 Å². The highest BCUT2D eigenvalue weighted by molar-refractivity contribution is 6.06. The van der Waals surface area contributed by atoms with Gasteiger partial charge in [0, 0.05) is 16.6 Å². The molecule has 0 aliphatic heterocycles. The smallest absolute Gasteiger partial charge is 0.272 e. The largest absolute Gasteiger partial charge is 0.497 e. The Balaban J connectivity index is 1.85. The zero-order valence-electron chi connectivity index (χ0n) is 11.3. The first-order valence-corrected chi connectivity index (χ1v) is 6.39. The van der Waals surface area contributed by atoms with Gasteiger partial charge in [0.2, 0.25) is 0 Å². The first kappa shape index (κ1) is 13.2. The molecule has 0 aliphatic carbocycles. The molecule has 0 atom stereocenters. The van der Waals surface area contributed by atoms with Crippen LogP contribution < -0.4 is 10.1 Å². The van der Waals surface area contributed by atoms with Gasteiger partial charge in [0.15, 0.2) is 0 Å². The van der Waals surface area contributed by atoms with Gasteiger partial charge in [-0.05, 0) is 48.5 Å². The molecule has 0 saturated heterocycles. The molecule has 0 spiro atoms. The second-order valence-electron chi connectivity index (χ2n) is 4.60. The molecule has 3 aromatic rings. The number of carbonyl (C=O) groups excluding carboxylic acids is 1. The Hall–Kier alpha value is -2.82. The first-order chi connectivity index (χ1) is 10.2. The second-order valence-corrected chi connectivity index (χ2v) is 4.60. The van der Waals surface area contributed by atoms with Gasteiger partial charge in [-0.1, -0.05) is 0 Å². The molecule has 0 radical (unpaired) electrons. The van der Waals surface area contributed by atoms with Crippen LogP contribution in [-0.2, 0) is 0 Å². The Morgan fingerprint density at radius 1 is 1.14 bits per heavy atom. The van der Waals surface area contributed by atoms with Gasteiger partial charge < -0.3 is 15.0 Å². The summed E-state index contributed by atoms with van der Waals surface area (Å²) in [6.07, 6.45) is 0. The van der Waals surface area contributed by atoms with Gasteiger partial charge in [-0.2, -0.15) is 0 Å². The lowest BCUT2D eigenvalue weighted by Crippen LogP contribution is -2.12. The van der Waals surface area contributed by atoms with E-state index in [1.54, 1.807) is 13.2 Å². The number of rotatable bonds is 3. The summed E-state index contributed by atoms with van der Waals surface area (Å²) in [5.41, 5.74) is 1.82. The Bertz CT molecular complexity index is 794. The minimum absolute atomic E-state index is 0.281. The maximum absolute atomic E-state index is 12.8. The van der Waals surface area contributed by atoms with Gasteiger partial charge in [-0.3, -0.25) is 4.79 Å². The van der Waals surface area contributed by atoms with Crippen LogP contribution in [0.5, 0.6) is 5.75 Å². The summed E-state index contributed by atoms with van der Waals surface area (Å²) in [5, 5.41) is 3.59. The molecule has 1 amide bonds. The lowest BCUT2D eigenvalue weighted by atomic mass is 10.2. The number of ether oxygens (including phenoxy) is 1. The maximum atomic E-state index is 12.8. The topological polar surface area (TPSA) is 54.1 Å². The van der Waals surface area contributed by atoms with Crippen molar-refractivity contribution in [2.75, 3.05) is 12.4 Å². The summed E-state index contributed by atoms with van der Waals surface area (Å²) < 4.78 is 18.0. The standard InChI is InChI=1S/C16H13FN2O2/c1-21-13-6-7-14-10(8-13)9-15(19-14)16(20)18-12-4-2-11(17)3-5-12/h2-9,19H,1H3,(H,18,20). The average Bonchev–Trinajstić information content (AvgIpc) is 2.92. The van der Waals surface area contributed by atoms with Gasteiger partial charge in [0.05, 0.1) is 7.11 Å². The molecular formula is C16H13FN2O2. The summed E-state index contributed by atoms with van der Waals surface area (Å²) in [5.74, 6) is 0.106. The van der Waals surface area contributed by atoms with Crippen LogP contribution in [0.1, 0.15) is 10.5 Å². The molecule has 106 valence electrons. The first-order valence-electron chi connectivity index (χ1n) is 6.39. The van der Waals surface area contributed by atoms with E-state index in [-0.39, 0.29) is 11.7 Å². The number of methoxy groups -OCH3 is 1. The van der Waals surface area contributed by atoms with E-state index in [0.717, 1.165) is 16.7 Å². The van der Waals surface area contributed by atoms with E-state index in [2.05, 4.69) is 10.3 Å². The molecule has 0 aliphatic rings. The summed E-state index contributed by atoms with van der Waals surface area (Å²) in [7, 11) is 1.59. The fourth-order valence-corrected chi connectivity index (χ4v) is 2.09. The average molecular weight is 284 g/mol. The van der Waals surface area contributed by atoms with Gasteiger partial charge in [0.1, 0.15) is 17.3 Å². The third-order valence-electron chi connectivity index (χ3n) is 3.17. The summed E-state index contributed by atoms with van der Waals surface area (Å²) >= 11 is 0. The number of H-pyrrole nitrogens is 1. The zero-order chi connectivity index (χ0) is 14.8. The monoisotopic (exact) mass is 284 g/mol. The van der Waals surface area contributed by atoms with Crippen LogP contribution in [0, 0.1) is 5.82 Å². The Labute approximate surface area is 120 Å². The Morgan fingerprint density at radius 2 is 1.90 bits per heavy atom. The van der Waals surface area contributed by atoms with Crippen molar-refractivity contribution in [2.45, 2.75) is 0 Å². The van der Waals surface area contributed by atoms with Crippen LogP contribution in [0.3, 0.4) is 0 Å². The predicted molar refractivity (Wildman–Crippen MR) is 79.2 cm³/mol. The SMILES string of the molecule is COc1ccc2[nH]c(C(=O)Nc3ccc(F)cc3)cc2c1. The number of aromatic amines is 1. The molecular weight excluding hydrogens is 271 g/mol. The second kappa shape index (κ2) is 5.28. The van der Waals surface area contributed by atoms with Crippen molar-refractivity contribution in [3.05, 3.63) is 60.0 Å². The third-order valence-corrected chi connectivity index (χ3v) is 3.17. The molecule has 0 bridgehead atoms. The van der Waals surface area contributed by atoms with Crippen LogP contribution in [0.15, 0.2) is 48.5 Å². The number of carbonyl (C=O) groups is 1. The van der Waals surface area contributed by atoms with E-state index in [1.165, 1.54) is 24.3 Å². The van der Waals surface area contributed by atoms with E-state index in [0.29, 0.717) is 11.4 Å². The zero-order valence-corrected chi connectivity index (χ0v) is 11.3. The Morgan fingerprint density at radius 3 is 2.62 bits per heavy atom. The number of nitrogens with one attached hydrogen (secondary N) is 2. The van der Waals surface area contributed by atoms with Crippen molar-refractivity contribution in [3.63, 3.8) is 0 Å². The lowest BCUT2D eigenvalue weighted by Gasteiger charge is -2.02. The molecule has 2 N–H and O–H groups in total. The number of amides is 1. The normalized spacial score (nSPS) is 10.6. The minimum Gasteiger partial charge on any atom is -0.497 e. The minimum atomic E-state index is -0.342. The summed E-state index contributed by atoms with van der Waals surface area (Å²) in [6.45, 7) is 0. The number of hydrogen-bond acceptors (Lipinski definition) is 2. The molecule has 3 rings (SSSR count). The van der Waals surface area contributed by atoms with Crippen LogP contribution >= 0.6 is 0 Å². The van der Waals surface area contributed by atoms with Gasteiger partial charge in [0.25, 0.3) is 5.91 Å². The molecule has 1 heterocycles. The highest BCUT2D eigenvalue weighted by atomic mass is 19.1. The molecule has 0 unspecified atom stereocenters. The third kappa shape index (κ3) is 2.72. The van der Waals surface area contributed by atoms with E-state index >= 15 is 0 Å². The highest BCUT2D eigenvalue weighted by Gasteiger charge is 2.10. The Kier molecular flexibility index (Phi) is 3.31. The van der Waals surface area contributed by atoms with E-state index in [9.17, 15) is 9.18 Å². The quantitative estimate of drug-likeness (QED) is 0.772. The summed E-state index contributed by atoms with van der Waals surface area (Å²) in [4.78, 5) is 15.2. The fourth-order valence-electron chi connectivity index (χ4n) is 2.09. The van der Waals surface area contributed by atoms with Crippen molar-refractivity contribution in [3.8, 4) is 5.75 Å². The van der Waals surface area contributed by atoms with Crippen LogP contribution in [-0.4, -0.2) is 18.0 Å². The fraction of sp³-hybridized carbons (Fsp3) is 0.0625. The molecule has 0 saturated carbocycles. The maximum Gasteiger partial charge on any atom is 0.272 e. The molecule has 1 aromatic heterocycles. The van der Waals surface area contributed by atoms with Crippen LogP contribution in [0.2, 0.25) is 0 Å². The summed E-state index contributed by atoms with van der Waals surface area (Å²) in [6, 6.07) is 12.9. The number of halogens is 1. The van der Waals surface area contributed by atoms with Crippen molar-refractivity contribution >= 4 is 22.5 Å². The number of benzene rings is 2. The van der Waals surface area contributed by atoms with Crippen LogP contribution in [0.4, 0.5) is 10.1 Å². The van der Waals surface area contributed by atoms with E-state index in [4.69, 9.17) is 4.74 Å². The van der Waals surface area contributed by atoms with Crippen molar-refractivity contribution in [1.29, 1.82) is 0 Å². The van der Waals surface area contributed by atoms with Gasteiger partial charge in [-0.25, -0.2) is 4.39 Å². The molecule has 0 fully saturated rings. The van der Waals surface area contributed by atoms with E-state index < -0.39 is 0 Å². The molecule has 4 nitrogen and oxygen atoms in total. The molecule has 5 heteroatoms. The van der Waals surface area contributed by atoms with Crippen molar-refractivity contribution in [2.24, 2.45) is 0 Å². The number of anilines is 1. The molecule has 2 aromatic carbocycles. The number of fused-ring (bicyclic) bond motifs is 1. The van der Waals surface area contributed by atoms with E-state index in [1.807, 2.05) is 18.2 Å². The number of hydrogen-bond donors (Lipinski definition) is 2. The number of aromatic nitrogens is 1. The highest BCUT2D eigenvalue weighted by Crippen LogP contribution is 2.22. The van der Waals surface area contributed by atoms with Gasteiger partial charge >= 0.3 is 0 Å². The molecule has 21 heavy (non-hydrogen) atoms. The predicted octanol–water partition coefficient (Wildman–Crippen LogP) is 3.57. The lowest BCUT2D eigenvalue weighted by molar-refractivity contribution is 0.102. The van der Waals surface area contributed by atoms with Crippen molar-refractivity contribution in [1.82, 2.24) is 4.98 Å².